The van der Waals surface area contributed by atoms with E-state index in [1.165, 1.54) is 46.1 Å². The third kappa shape index (κ3) is 3.42. The lowest BCUT2D eigenvalue weighted by Crippen LogP contribution is -2.51. The van der Waals surface area contributed by atoms with Gasteiger partial charge in [-0.05, 0) is 31.0 Å². The van der Waals surface area contributed by atoms with Crippen molar-refractivity contribution in [1.82, 2.24) is 23.1 Å². The minimum Gasteiger partial charge on any atom is -0.336 e. The zero-order valence-electron chi connectivity index (χ0n) is 16.4. The summed E-state index contributed by atoms with van der Waals surface area (Å²) in [5, 5.41) is 0. The van der Waals surface area contributed by atoms with Crippen molar-refractivity contribution in [3.05, 3.63) is 30.1 Å². The molecule has 8 nitrogen and oxygen atoms in total. The minimum absolute atomic E-state index is 0.0158. The maximum absolute atomic E-state index is 12.9. The van der Waals surface area contributed by atoms with Crippen LogP contribution in [0.4, 0.5) is 0 Å². The second kappa shape index (κ2) is 7.46. The number of hydrogen-bond donors (Lipinski definition) is 0. The Morgan fingerprint density at radius 2 is 1.79 bits per heavy atom. The molecule has 0 radical (unpaired) electrons. The van der Waals surface area contributed by atoms with Gasteiger partial charge < -0.3 is 4.90 Å². The van der Waals surface area contributed by atoms with Crippen molar-refractivity contribution < 1.29 is 13.2 Å². The van der Waals surface area contributed by atoms with Gasteiger partial charge in [0.05, 0.1) is 11.0 Å². The molecule has 2 aromatic rings. The molecule has 4 rings (SSSR count). The molecule has 1 aromatic carbocycles. The number of imidazole rings is 1. The van der Waals surface area contributed by atoms with Crippen LogP contribution in [0.3, 0.4) is 0 Å². The molecule has 0 N–H and O–H groups in total. The molecule has 152 valence electrons. The van der Waals surface area contributed by atoms with E-state index in [-0.39, 0.29) is 5.91 Å². The largest absolute Gasteiger partial charge is 0.336 e. The van der Waals surface area contributed by atoms with E-state index in [0.717, 1.165) is 34.5 Å². The molecular formula is C19H27N5O3S. The Labute approximate surface area is 165 Å². The van der Waals surface area contributed by atoms with Crippen molar-refractivity contribution in [3.8, 4) is 0 Å². The average molecular weight is 406 g/mol. The fraction of sp³-hybridized carbons (Fsp3) is 0.579. The van der Waals surface area contributed by atoms with Crippen molar-refractivity contribution in [3.63, 3.8) is 0 Å². The number of benzene rings is 1. The van der Waals surface area contributed by atoms with Gasteiger partial charge in [-0.3, -0.25) is 9.69 Å². The maximum atomic E-state index is 12.9. The molecule has 0 bridgehead atoms. The molecule has 1 saturated heterocycles. The van der Waals surface area contributed by atoms with Crippen LogP contribution in [0.1, 0.15) is 36.0 Å². The van der Waals surface area contributed by atoms with Crippen LogP contribution in [-0.2, 0) is 10.2 Å². The van der Waals surface area contributed by atoms with Crippen LogP contribution in [-0.4, -0.2) is 83.7 Å². The van der Waals surface area contributed by atoms with Crippen LogP contribution in [0.2, 0.25) is 0 Å². The Balaban J connectivity index is 1.49. The molecule has 2 fully saturated rings. The second-order valence-electron chi connectivity index (χ2n) is 7.80. The number of rotatable bonds is 4. The molecule has 2 heterocycles. The van der Waals surface area contributed by atoms with E-state index in [1.807, 2.05) is 4.90 Å². The summed E-state index contributed by atoms with van der Waals surface area (Å²) in [6.45, 7) is 3.32. The first-order valence-corrected chi connectivity index (χ1v) is 11.2. The lowest BCUT2D eigenvalue weighted by molar-refractivity contribution is 0.0573. The van der Waals surface area contributed by atoms with Crippen LogP contribution in [0.15, 0.2) is 24.5 Å². The smallest absolute Gasteiger partial charge is 0.308 e. The van der Waals surface area contributed by atoms with E-state index in [9.17, 15) is 13.2 Å². The molecule has 2 aliphatic rings. The van der Waals surface area contributed by atoms with E-state index >= 15 is 0 Å². The summed E-state index contributed by atoms with van der Waals surface area (Å²) in [4.78, 5) is 21.5. The Morgan fingerprint density at radius 3 is 2.43 bits per heavy atom. The molecule has 9 heteroatoms. The maximum Gasteiger partial charge on any atom is 0.308 e. The summed E-state index contributed by atoms with van der Waals surface area (Å²) in [5.41, 5.74) is 1.52. The number of amides is 1. The van der Waals surface area contributed by atoms with Crippen LogP contribution >= 0.6 is 0 Å². The zero-order valence-corrected chi connectivity index (χ0v) is 17.2. The first kappa shape index (κ1) is 19.4. The van der Waals surface area contributed by atoms with Gasteiger partial charge >= 0.3 is 10.2 Å². The van der Waals surface area contributed by atoms with Crippen LogP contribution in [0, 0.1) is 0 Å². The third-order valence-corrected chi connectivity index (χ3v) is 7.63. The summed E-state index contributed by atoms with van der Waals surface area (Å²) < 4.78 is 27.0. The second-order valence-corrected chi connectivity index (χ2v) is 9.82. The highest BCUT2D eigenvalue weighted by atomic mass is 32.2. The van der Waals surface area contributed by atoms with Gasteiger partial charge in [-0.1, -0.05) is 12.8 Å². The highest BCUT2D eigenvalue weighted by Gasteiger charge is 2.28. The zero-order chi connectivity index (χ0) is 19.9. The van der Waals surface area contributed by atoms with Gasteiger partial charge in [0.15, 0.2) is 0 Å². The van der Waals surface area contributed by atoms with Crippen molar-refractivity contribution >= 4 is 27.1 Å². The fourth-order valence-electron chi connectivity index (χ4n) is 4.23. The van der Waals surface area contributed by atoms with E-state index in [1.54, 1.807) is 18.2 Å². The predicted molar refractivity (Wildman–Crippen MR) is 107 cm³/mol. The monoisotopic (exact) mass is 405 g/mol. The first-order chi connectivity index (χ1) is 13.4. The number of carbonyl (C=O) groups is 1. The van der Waals surface area contributed by atoms with Crippen LogP contribution in [0.25, 0.3) is 11.0 Å². The van der Waals surface area contributed by atoms with Crippen molar-refractivity contribution in [1.29, 1.82) is 0 Å². The number of carbonyl (C=O) groups excluding carboxylic acids is 1. The Bertz CT molecular complexity index is 971. The molecule has 1 aliphatic carbocycles. The average Bonchev–Trinajstić information content (AvgIpc) is 3.37. The third-order valence-electron chi connectivity index (χ3n) is 5.91. The minimum atomic E-state index is -3.64. The molecule has 1 aromatic heterocycles. The molecule has 0 spiro atoms. The normalized spacial score (nSPS) is 19.8. The predicted octanol–water partition coefficient (Wildman–Crippen LogP) is 1.39. The summed E-state index contributed by atoms with van der Waals surface area (Å²) in [6, 6.07) is 5.72. The summed E-state index contributed by atoms with van der Waals surface area (Å²) in [6.07, 6.45) is 6.49. The SMILES string of the molecule is CN(C)S(=O)(=O)n1cnc2cc(C(=O)N3CCN(C4CCCC4)CC3)ccc21. The summed E-state index contributed by atoms with van der Waals surface area (Å²) in [7, 11) is -0.689. The van der Waals surface area contributed by atoms with Crippen molar-refractivity contribution in [2.24, 2.45) is 0 Å². The highest BCUT2D eigenvalue weighted by molar-refractivity contribution is 7.87. The van der Waals surface area contributed by atoms with Crippen LogP contribution in [0.5, 0.6) is 0 Å². The van der Waals surface area contributed by atoms with Crippen molar-refractivity contribution in [2.45, 2.75) is 31.7 Å². The Hall–Kier alpha value is -1.97. The number of piperazine rings is 1. The molecular weight excluding hydrogens is 378 g/mol. The van der Waals surface area contributed by atoms with E-state index in [4.69, 9.17) is 0 Å². The van der Waals surface area contributed by atoms with E-state index in [2.05, 4.69) is 9.88 Å². The number of nitrogens with zero attached hydrogens (tertiary/aromatic N) is 5. The molecule has 1 aliphatic heterocycles. The highest BCUT2D eigenvalue weighted by Crippen LogP contribution is 2.25. The summed E-state index contributed by atoms with van der Waals surface area (Å²) >= 11 is 0. The van der Waals surface area contributed by atoms with Gasteiger partial charge in [-0.2, -0.15) is 12.7 Å². The molecule has 0 atom stereocenters. The molecule has 1 saturated carbocycles. The Morgan fingerprint density at radius 1 is 1.11 bits per heavy atom. The van der Waals surface area contributed by atoms with Gasteiger partial charge in [-0.25, -0.2) is 8.96 Å². The molecule has 28 heavy (non-hydrogen) atoms. The topological polar surface area (TPSA) is 78.8 Å². The van der Waals surface area contributed by atoms with Gasteiger partial charge in [0, 0.05) is 51.9 Å². The molecule has 0 unspecified atom stereocenters. The number of aromatic nitrogens is 2. The van der Waals surface area contributed by atoms with Gasteiger partial charge in [0.1, 0.15) is 6.33 Å². The van der Waals surface area contributed by atoms with E-state index in [0.29, 0.717) is 22.6 Å². The van der Waals surface area contributed by atoms with Gasteiger partial charge in [0.2, 0.25) is 0 Å². The summed E-state index contributed by atoms with van der Waals surface area (Å²) in [5.74, 6) is -0.0158. The quantitative estimate of drug-likeness (QED) is 0.768. The molecule has 1 amide bonds. The first-order valence-electron chi connectivity index (χ1n) is 9.81. The van der Waals surface area contributed by atoms with Gasteiger partial charge in [-0.15, -0.1) is 0 Å². The standard InChI is InChI=1S/C19H27N5O3S/c1-21(2)28(26,27)24-14-20-17-13-15(7-8-18(17)24)19(25)23-11-9-22(10-12-23)16-5-3-4-6-16/h7-8,13-14,16H,3-6,9-12H2,1-2H3. The number of fused-ring (bicyclic) bond motifs is 1. The fourth-order valence-corrected chi connectivity index (χ4v) is 5.15. The number of hydrogen-bond acceptors (Lipinski definition) is 5. The van der Waals surface area contributed by atoms with Gasteiger partial charge in [0.25, 0.3) is 5.91 Å². The lowest BCUT2D eigenvalue weighted by Gasteiger charge is -2.38. The van der Waals surface area contributed by atoms with E-state index < -0.39 is 10.2 Å². The lowest BCUT2D eigenvalue weighted by atomic mass is 10.1. The van der Waals surface area contributed by atoms with Crippen LogP contribution < -0.4 is 0 Å². The Kier molecular flexibility index (Phi) is 5.15. The van der Waals surface area contributed by atoms with Crippen molar-refractivity contribution in [2.75, 3.05) is 40.3 Å².